The molecule has 3 aromatic carbocycles. The Bertz CT molecular complexity index is 1040. The van der Waals surface area contributed by atoms with Crippen LogP contribution in [0.5, 0.6) is 0 Å². The third kappa shape index (κ3) is 5.78. The minimum absolute atomic E-state index is 0.0734. The van der Waals surface area contributed by atoms with Crippen LogP contribution in [0.4, 0.5) is 5.69 Å². The zero-order chi connectivity index (χ0) is 21.3. The first-order valence-corrected chi connectivity index (χ1v) is 9.89. The number of carboxylic acids is 1. The molecule has 3 aromatic rings. The van der Waals surface area contributed by atoms with Crippen LogP contribution in [0.25, 0.3) is 0 Å². The molecule has 0 spiro atoms. The van der Waals surface area contributed by atoms with Gasteiger partial charge in [-0.3, -0.25) is 4.79 Å². The molecule has 0 bridgehead atoms. The van der Waals surface area contributed by atoms with Crippen LogP contribution in [0.2, 0.25) is 0 Å². The van der Waals surface area contributed by atoms with Gasteiger partial charge in [-0.15, -0.1) is 0 Å². The van der Waals surface area contributed by atoms with E-state index in [9.17, 15) is 14.7 Å². The van der Waals surface area contributed by atoms with Crippen molar-refractivity contribution in [1.29, 1.82) is 0 Å². The summed E-state index contributed by atoms with van der Waals surface area (Å²) in [6.07, 6.45) is 1.50. The molecule has 0 aromatic heterocycles. The van der Waals surface area contributed by atoms with E-state index >= 15 is 0 Å². The molecule has 0 saturated carbocycles. The SMILES string of the molecule is O=C([O-])c1ccccc1N(Cc1ccc(Br)cc1)C(=O)CO/N=C\c1ccccc1. The van der Waals surface area contributed by atoms with Crippen molar-refractivity contribution in [2.24, 2.45) is 5.16 Å². The van der Waals surface area contributed by atoms with Gasteiger partial charge in [0.25, 0.3) is 5.91 Å². The summed E-state index contributed by atoms with van der Waals surface area (Å²) in [5.41, 5.74) is 1.82. The highest BCUT2D eigenvalue weighted by Crippen LogP contribution is 2.23. The van der Waals surface area contributed by atoms with Crippen molar-refractivity contribution in [2.75, 3.05) is 11.5 Å². The fraction of sp³-hybridized carbons (Fsp3) is 0.0870. The second kappa shape index (κ2) is 10.4. The predicted octanol–water partition coefficient (Wildman–Crippen LogP) is 3.40. The van der Waals surface area contributed by atoms with E-state index in [4.69, 9.17) is 4.84 Å². The van der Waals surface area contributed by atoms with E-state index in [-0.39, 0.29) is 24.4 Å². The van der Waals surface area contributed by atoms with Crippen LogP contribution in [-0.4, -0.2) is 24.7 Å². The Morgan fingerprint density at radius 2 is 1.63 bits per heavy atom. The van der Waals surface area contributed by atoms with E-state index < -0.39 is 11.9 Å². The summed E-state index contributed by atoms with van der Waals surface area (Å²) >= 11 is 3.38. The van der Waals surface area contributed by atoms with Gasteiger partial charge in [0.2, 0.25) is 0 Å². The van der Waals surface area contributed by atoms with Gasteiger partial charge in [0.15, 0.2) is 6.61 Å². The third-order valence-corrected chi connectivity index (χ3v) is 4.76. The number of carboxylic acid groups (broad SMARTS) is 1. The number of hydrogen-bond acceptors (Lipinski definition) is 5. The van der Waals surface area contributed by atoms with Gasteiger partial charge in [-0.25, -0.2) is 0 Å². The lowest BCUT2D eigenvalue weighted by atomic mass is 10.1. The number of carbonyl (C=O) groups excluding carboxylic acids is 2. The molecular formula is C23H18BrN2O4-. The molecule has 0 atom stereocenters. The number of nitrogens with zero attached hydrogens (tertiary/aromatic N) is 2. The molecule has 0 heterocycles. The van der Waals surface area contributed by atoms with Gasteiger partial charge >= 0.3 is 0 Å². The van der Waals surface area contributed by atoms with Crippen LogP contribution in [0.15, 0.2) is 88.5 Å². The number of amides is 1. The van der Waals surface area contributed by atoms with Crippen molar-refractivity contribution < 1.29 is 19.5 Å². The molecule has 0 aliphatic heterocycles. The van der Waals surface area contributed by atoms with Gasteiger partial charge in [-0.05, 0) is 29.3 Å². The molecule has 0 fully saturated rings. The summed E-state index contributed by atoms with van der Waals surface area (Å²) in [6, 6.07) is 22.9. The summed E-state index contributed by atoms with van der Waals surface area (Å²) in [5.74, 6) is -1.79. The molecule has 0 N–H and O–H groups in total. The van der Waals surface area contributed by atoms with Gasteiger partial charge in [0.1, 0.15) is 0 Å². The van der Waals surface area contributed by atoms with E-state index in [0.29, 0.717) is 0 Å². The highest BCUT2D eigenvalue weighted by molar-refractivity contribution is 9.10. The molecule has 0 unspecified atom stereocenters. The minimum Gasteiger partial charge on any atom is -0.545 e. The van der Waals surface area contributed by atoms with Crippen LogP contribution in [-0.2, 0) is 16.2 Å². The highest BCUT2D eigenvalue weighted by Gasteiger charge is 2.20. The van der Waals surface area contributed by atoms with Crippen molar-refractivity contribution in [1.82, 2.24) is 0 Å². The highest BCUT2D eigenvalue weighted by atomic mass is 79.9. The number of halogens is 1. The van der Waals surface area contributed by atoms with Gasteiger partial charge < -0.3 is 19.6 Å². The van der Waals surface area contributed by atoms with Gasteiger partial charge in [-0.1, -0.05) is 81.7 Å². The number of para-hydroxylation sites is 1. The van der Waals surface area contributed by atoms with Crippen LogP contribution in [0.1, 0.15) is 21.5 Å². The summed E-state index contributed by atoms with van der Waals surface area (Å²) in [5, 5.41) is 15.4. The Labute approximate surface area is 182 Å². The van der Waals surface area contributed by atoms with E-state index in [1.54, 1.807) is 18.2 Å². The average Bonchev–Trinajstić information content (AvgIpc) is 2.77. The molecule has 0 aliphatic rings. The Balaban J connectivity index is 1.80. The number of anilines is 1. The maximum Gasteiger partial charge on any atom is 0.268 e. The maximum absolute atomic E-state index is 12.9. The average molecular weight is 466 g/mol. The molecular weight excluding hydrogens is 448 g/mol. The van der Waals surface area contributed by atoms with Crippen molar-refractivity contribution in [3.63, 3.8) is 0 Å². The largest absolute Gasteiger partial charge is 0.545 e. The Morgan fingerprint density at radius 3 is 2.33 bits per heavy atom. The van der Waals surface area contributed by atoms with Crippen LogP contribution < -0.4 is 10.0 Å². The first-order chi connectivity index (χ1) is 14.5. The van der Waals surface area contributed by atoms with Crippen LogP contribution in [0, 0.1) is 0 Å². The minimum atomic E-state index is -1.36. The number of hydrogen-bond donors (Lipinski definition) is 0. The summed E-state index contributed by atoms with van der Waals surface area (Å²) < 4.78 is 0.901. The smallest absolute Gasteiger partial charge is 0.268 e. The molecule has 152 valence electrons. The molecule has 3 rings (SSSR count). The molecule has 0 saturated heterocycles. The predicted molar refractivity (Wildman–Crippen MR) is 116 cm³/mol. The molecule has 1 amide bonds. The standard InChI is InChI=1S/C23H19BrN2O4/c24-19-12-10-18(11-13-19)15-26(21-9-5-4-8-20(21)23(28)29)22(27)16-30-25-14-17-6-2-1-3-7-17/h1-14H,15-16H2,(H,28,29)/p-1/b25-14-. The lowest BCUT2D eigenvalue weighted by Crippen LogP contribution is -2.35. The van der Waals surface area contributed by atoms with E-state index in [1.807, 2.05) is 54.6 Å². The summed E-state index contributed by atoms with van der Waals surface area (Å²) in [6.45, 7) is -0.177. The Kier molecular flexibility index (Phi) is 7.34. The van der Waals surface area contributed by atoms with Gasteiger partial charge in [-0.2, -0.15) is 0 Å². The lowest BCUT2D eigenvalue weighted by molar-refractivity contribution is -0.254. The molecule has 30 heavy (non-hydrogen) atoms. The van der Waals surface area contributed by atoms with E-state index in [0.717, 1.165) is 15.6 Å². The van der Waals surface area contributed by atoms with Crippen molar-refractivity contribution in [3.8, 4) is 0 Å². The fourth-order valence-corrected chi connectivity index (χ4v) is 3.03. The quantitative estimate of drug-likeness (QED) is 0.377. The third-order valence-electron chi connectivity index (χ3n) is 4.23. The zero-order valence-electron chi connectivity index (χ0n) is 15.9. The summed E-state index contributed by atoms with van der Waals surface area (Å²) in [4.78, 5) is 31.0. The van der Waals surface area contributed by atoms with E-state index in [2.05, 4.69) is 21.1 Å². The van der Waals surface area contributed by atoms with Crippen molar-refractivity contribution >= 4 is 39.7 Å². The molecule has 0 aliphatic carbocycles. The fourth-order valence-electron chi connectivity index (χ4n) is 2.77. The first-order valence-electron chi connectivity index (χ1n) is 9.10. The Hall–Kier alpha value is -3.45. The number of benzene rings is 3. The van der Waals surface area contributed by atoms with Crippen molar-refractivity contribution in [2.45, 2.75) is 6.54 Å². The van der Waals surface area contributed by atoms with Gasteiger partial charge in [0, 0.05) is 10.0 Å². The Morgan fingerprint density at radius 1 is 0.967 bits per heavy atom. The topological polar surface area (TPSA) is 82.0 Å². The molecule has 0 radical (unpaired) electrons. The monoisotopic (exact) mass is 465 g/mol. The second-order valence-electron chi connectivity index (χ2n) is 6.33. The molecule has 7 heteroatoms. The number of rotatable bonds is 8. The second-order valence-corrected chi connectivity index (χ2v) is 7.25. The number of oxime groups is 1. The normalized spacial score (nSPS) is 10.7. The van der Waals surface area contributed by atoms with Crippen molar-refractivity contribution in [3.05, 3.63) is 100 Å². The maximum atomic E-state index is 12.9. The van der Waals surface area contributed by atoms with Crippen LogP contribution >= 0.6 is 15.9 Å². The zero-order valence-corrected chi connectivity index (χ0v) is 17.5. The first kappa shape index (κ1) is 21.3. The van der Waals surface area contributed by atoms with Gasteiger partial charge in [0.05, 0.1) is 24.4 Å². The lowest BCUT2D eigenvalue weighted by Gasteiger charge is -2.25. The summed E-state index contributed by atoms with van der Waals surface area (Å²) in [7, 11) is 0. The van der Waals surface area contributed by atoms with E-state index in [1.165, 1.54) is 17.2 Å². The van der Waals surface area contributed by atoms with Crippen LogP contribution in [0.3, 0.4) is 0 Å². The number of carbonyl (C=O) groups is 2. The molecule has 6 nitrogen and oxygen atoms in total. The number of aromatic carboxylic acids is 1.